The van der Waals surface area contributed by atoms with Crippen LogP contribution in [0.2, 0.25) is 0 Å². The molecule has 1 atom stereocenters. The SMILES string of the molecule is Cn1c2c(c3ccccc31)C[C@@H](CC(=O)O)CC2. The number of hydrogen-bond acceptors (Lipinski definition) is 1. The maximum Gasteiger partial charge on any atom is 0.303 e. The molecule has 0 saturated heterocycles. The van der Waals surface area contributed by atoms with Crippen LogP contribution in [-0.4, -0.2) is 15.6 Å². The number of aliphatic carboxylic acids is 1. The summed E-state index contributed by atoms with van der Waals surface area (Å²) in [4.78, 5) is 10.8. The number of benzene rings is 1. The Morgan fingerprint density at radius 3 is 3.00 bits per heavy atom. The second kappa shape index (κ2) is 4.16. The van der Waals surface area contributed by atoms with Crippen LogP contribution in [-0.2, 0) is 24.7 Å². The molecule has 1 aromatic carbocycles. The number of nitrogens with zero attached hydrogens (tertiary/aromatic N) is 1. The van der Waals surface area contributed by atoms with Gasteiger partial charge in [-0.3, -0.25) is 4.79 Å². The highest BCUT2D eigenvalue weighted by molar-refractivity contribution is 5.85. The lowest BCUT2D eigenvalue weighted by Gasteiger charge is -2.22. The van der Waals surface area contributed by atoms with Crippen LogP contribution < -0.4 is 0 Å². The van der Waals surface area contributed by atoms with Gasteiger partial charge in [0.15, 0.2) is 0 Å². The van der Waals surface area contributed by atoms with Crippen molar-refractivity contribution in [2.75, 3.05) is 0 Å². The average Bonchev–Trinajstić information content (AvgIpc) is 2.63. The van der Waals surface area contributed by atoms with Crippen LogP contribution in [0.5, 0.6) is 0 Å². The largest absolute Gasteiger partial charge is 0.481 e. The predicted molar refractivity (Wildman–Crippen MR) is 70.7 cm³/mol. The van der Waals surface area contributed by atoms with Crippen LogP contribution in [0.25, 0.3) is 10.9 Å². The van der Waals surface area contributed by atoms with Crippen molar-refractivity contribution in [1.29, 1.82) is 0 Å². The molecule has 0 saturated carbocycles. The molecule has 3 rings (SSSR count). The van der Waals surface area contributed by atoms with Gasteiger partial charge < -0.3 is 9.67 Å². The molecule has 1 aliphatic rings. The Balaban J connectivity index is 2.04. The molecule has 0 aliphatic heterocycles. The van der Waals surface area contributed by atoms with E-state index in [0.717, 1.165) is 19.3 Å². The topological polar surface area (TPSA) is 42.2 Å². The first-order valence-electron chi connectivity index (χ1n) is 6.43. The number of rotatable bonds is 2. The van der Waals surface area contributed by atoms with Gasteiger partial charge in [0.05, 0.1) is 0 Å². The highest BCUT2D eigenvalue weighted by Crippen LogP contribution is 2.34. The third kappa shape index (κ3) is 1.70. The predicted octanol–water partition coefficient (Wildman–Crippen LogP) is 2.76. The highest BCUT2D eigenvalue weighted by atomic mass is 16.4. The minimum absolute atomic E-state index is 0.292. The summed E-state index contributed by atoms with van der Waals surface area (Å²) in [7, 11) is 2.11. The summed E-state index contributed by atoms with van der Waals surface area (Å²) < 4.78 is 2.27. The number of carboxylic acid groups (broad SMARTS) is 1. The molecule has 1 heterocycles. The summed E-state index contributed by atoms with van der Waals surface area (Å²) in [6.45, 7) is 0. The molecule has 94 valence electrons. The first kappa shape index (κ1) is 11.3. The van der Waals surface area contributed by atoms with Crippen molar-refractivity contribution < 1.29 is 9.90 Å². The lowest BCUT2D eigenvalue weighted by atomic mass is 9.84. The summed E-state index contributed by atoms with van der Waals surface area (Å²) >= 11 is 0. The zero-order valence-corrected chi connectivity index (χ0v) is 10.5. The van der Waals surface area contributed by atoms with E-state index in [-0.39, 0.29) is 0 Å². The van der Waals surface area contributed by atoms with Gasteiger partial charge in [0.1, 0.15) is 0 Å². The molecule has 0 amide bonds. The monoisotopic (exact) mass is 243 g/mol. The van der Waals surface area contributed by atoms with Crippen LogP contribution in [0.15, 0.2) is 24.3 Å². The summed E-state index contributed by atoms with van der Waals surface area (Å²) in [5.74, 6) is -0.385. The number of hydrogen-bond donors (Lipinski definition) is 1. The molecule has 18 heavy (non-hydrogen) atoms. The maximum absolute atomic E-state index is 10.8. The molecule has 0 radical (unpaired) electrons. The van der Waals surface area contributed by atoms with Crippen LogP contribution in [0.3, 0.4) is 0 Å². The molecule has 0 bridgehead atoms. The summed E-state index contributed by atoms with van der Waals surface area (Å²) in [6, 6.07) is 8.41. The van der Waals surface area contributed by atoms with E-state index in [1.807, 2.05) is 0 Å². The van der Waals surface area contributed by atoms with Gasteiger partial charge in [0.25, 0.3) is 0 Å². The minimum Gasteiger partial charge on any atom is -0.481 e. The van der Waals surface area contributed by atoms with Crippen LogP contribution in [0, 0.1) is 5.92 Å². The van der Waals surface area contributed by atoms with E-state index in [2.05, 4.69) is 35.9 Å². The zero-order chi connectivity index (χ0) is 12.7. The summed E-state index contributed by atoms with van der Waals surface area (Å²) in [5, 5.41) is 10.2. The third-order valence-electron chi connectivity index (χ3n) is 4.09. The van der Waals surface area contributed by atoms with Gasteiger partial charge in [-0.15, -0.1) is 0 Å². The standard InChI is InChI=1S/C15H17NO2/c1-16-13-5-3-2-4-11(13)12-8-10(9-15(17)18)6-7-14(12)16/h2-5,10H,6-9H2,1H3,(H,17,18)/t10-/m0/s1. The number of carboxylic acids is 1. The van der Waals surface area contributed by atoms with Gasteiger partial charge in [0, 0.05) is 30.1 Å². The molecule has 3 heteroatoms. The minimum atomic E-state index is -0.677. The van der Waals surface area contributed by atoms with Crippen molar-refractivity contribution in [3.05, 3.63) is 35.5 Å². The molecule has 2 aromatic rings. The molecule has 0 unspecified atom stereocenters. The van der Waals surface area contributed by atoms with Crippen molar-refractivity contribution in [3.63, 3.8) is 0 Å². The first-order chi connectivity index (χ1) is 8.66. The van der Waals surface area contributed by atoms with Gasteiger partial charge in [0.2, 0.25) is 0 Å². The van der Waals surface area contributed by atoms with Crippen molar-refractivity contribution >= 4 is 16.9 Å². The van der Waals surface area contributed by atoms with Gasteiger partial charge in [-0.25, -0.2) is 0 Å². The molecule has 0 spiro atoms. The van der Waals surface area contributed by atoms with Crippen molar-refractivity contribution in [3.8, 4) is 0 Å². The Labute approximate surface area is 106 Å². The van der Waals surface area contributed by atoms with E-state index in [1.165, 1.54) is 22.2 Å². The Kier molecular flexibility index (Phi) is 2.62. The summed E-state index contributed by atoms with van der Waals surface area (Å²) in [6.07, 6.45) is 3.19. The number of aryl methyl sites for hydroxylation is 1. The third-order valence-corrected chi connectivity index (χ3v) is 4.09. The van der Waals surface area contributed by atoms with E-state index < -0.39 is 5.97 Å². The second-order valence-electron chi connectivity index (χ2n) is 5.21. The molecular weight excluding hydrogens is 226 g/mol. The van der Waals surface area contributed by atoms with E-state index in [4.69, 9.17) is 5.11 Å². The normalized spacial score (nSPS) is 18.8. The van der Waals surface area contributed by atoms with Gasteiger partial charge in [-0.1, -0.05) is 18.2 Å². The molecule has 1 aromatic heterocycles. The van der Waals surface area contributed by atoms with Crippen molar-refractivity contribution in [2.24, 2.45) is 13.0 Å². The number of fused-ring (bicyclic) bond motifs is 3. The van der Waals surface area contributed by atoms with Crippen LogP contribution in [0.1, 0.15) is 24.1 Å². The number of para-hydroxylation sites is 1. The Hall–Kier alpha value is -1.77. The number of carbonyl (C=O) groups is 1. The zero-order valence-electron chi connectivity index (χ0n) is 10.5. The van der Waals surface area contributed by atoms with Gasteiger partial charge in [-0.05, 0) is 36.8 Å². The maximum atomic E-state index is 10.8. The highest BCUT2D eigenvalue weighted by Gasteiger charge is 2.25. The molecular formula is C15H17NO2. The van der Waals surface area contributed by atoms with Crippen LogP contribution in [0.4, 0.5) is 0 Å². The Bertz CT molecular complexity index is 612. The molecule has 3 nitrogen and oxygen atoms in total. The molecule has 0 fully saturated rings. The Morgan fingerprint density at radius 2 is 2.22 bits per heavy atom. The average molecular weight is 243 g/mol. The molecule has 1 aliphatic carbocycles. The van der Waals surface area contributed by atoms with Crippen molar-refractivity contribution in [1.82, 2.24) is 4.57 Å². The van der Waals surface area contributed by atoms with Gasteiger partial charge >= 0.3 is 5.97 Å². The van der Waals surface area contributed by atoms with E-state index in [0.29, 0.717) is 12.3 Å². The van der Waals surface area contributed by atoms with Gasteiger partial charge in [-0.2, -0.15) is 0 Å². The smallest absolute Gasteiger partial charge is 0.303 e. The fourth-order valence-corrected chi connectivity index (χ4v) is 3.22. The van der Waals surface area contributed by atoms with E-state index in [9.17, 15) is 4.79 Å². The summed E-state index contributed by atoms with van der Waals surface area (Å²) in [5.41, 5.74) is 4.02. The second-order valence-corrected chi connectivity index (χ2v) is 5.21. The Morgan fingerprint density at radius 1 is 1.44 bits per heavy atom. The fraction of sp³-hybridized carbons (Fsp3) is 0.400. The lowest BCUT2D eigenvalue weighted by molar-refractivity contribution is -0.138. The first-order valence-corrected chi connectivity index (χ1v) is 6.43. The number of aromatic nitrogens is 1. The fourth-order valence-electron chi connectivity index (χ4n) is 3.22. The van der Waals surface area contributed by atoms with E-state index >= 15 is 0 Å². The van der Waals surface area contributed by atoms with Crippen LogP contribution >= 0.6 is 0 Å². The molecule has 1 N–H and O–H groups in total. The van der Waals surface area contributed by atoms with E-state index in [1.54, 1.807) is 0 Å². The van der Waals surface area contributed by atoms with Crippen molar-refractivity contribution in [2.45, 2.75) is 25.7 Å². The lowest BCUT2D eigenvalue weighted by Crippen LogP contribution is -2.18. The quantitative estimate of drug-likeness (QED) is 0.881.